The van der Waals surface area contributed by atoms with Crippen LogP contribution < -0.4 is 5.32 Å². The molecule has 0 fully saturated rings. The summed E-state index contributed by atoms with van der Waals surface area (Å²) >= 11 is 0. The summed E-state index contributed by atoms with van der Waals surface area (Å²) in [7, 11) is 0. The van der Waals surface area contributed by atoms with Gasteiger partial charge in [0.2, 0.25) is 0 Å². The number of nitrogens with one attached hydrogen (secondary N) is 1. The molecule has 0 spiro atoms. The Bertz CT molecular complexity index is 475. The van der Waals surface area contributed by atoms with Crippen LogP contribution in [0.15, 0.2) is 18.2 Å². The molecule has 0 amide bonds. The van der Waals surface area contributed by atoms with Crippen molar-refractivity contribution in [2.24, 2.45) is 0 Å². The summed E-state index contributed by atoms with van der Waals surface area (Å²) in [5.41, 5.74) is -0.535. The molecule has 0 saturated carbocycles. The Morgan fingerprint density at radius 3 is 2.55 bits per heavy atom. The molecule has 0 aliphatic heterocycles. The van der Waals surface area contributed by atoms with Crippen molar-refractivity contribution in [3.63, 3.8) is 0 Å². The van der Waals surface area contributed by atoms with Gasteiger partial charge in [-0.15, -0.1) is 0 Å². The van der Waals surface area contributed by atoms with Crippen molar-refractivity contribution in [3.05, 3.63) is 35.4 Å². The van der Waals surface area contributed by atoms with E-state index in [0.717, 1.165) is 12.1 Å². The maximum absolute atomic E-state index is 13.5. The molecule has 8 heteroatoms. The van der Waals surface area contributed by atoms with E-state index in [4.69, 9.17) is 0 Å². The van der Waals surface area contributed by atoms with Gasteiger partial charge in [0, 0.05) is 5.56 Å². The number of alkyl halides is 3. The molecule has 1 atom stereocenters. The SMILES string of the molecule is CCOC(=O)C(NCC(F)(F)F)c1cc(F)ccc1F. The van der Waals surface area contributed by atoms with Gasteiger partial charge in [0.25, 0.3) is 0 Å². The van der Waals surface area contributed by atoms with Crippen molar-refractivity contribution in [1.82, 2.24) is 5.32 Å². The van der Waals surface area contributed by atoms with Crippen LogP contribution in [-0.4, -0.2) is 25.3 Å². The fourth-order valence-electron chi connectivity index (χ4n) is 1.50. The minimum absolute atomic E-state index is 0.0973. The largest absolute Gasteiger partial charge is 0.465 e. The first-order valence-corrected chi connectivity index (χ1v) is 5.66. The van der Waals surface area contributed by atoms with Crippen LogP contribution in [0.2, 0.25) is 0 Å². The molecule has 1 unspecified atom stereocenters. The first kappa shape index (κ1) is 16.4. The first-order chi connectivity index (χ1) is 9.24. The van der Waals surface area contributed by atoms with E-state index in [1.54, 1.807) is 0 Å². The van der Waals surface area contributed by atoms with Crippen molar-refractivity contribution >= 4 is 5.97 Å². The zero-order valence-electron chi connectivity index (χ0n) is 10.4. The van der Waals surface area contributed by atoms with Gasteiger partial charge >= 0.3 is 12.1 Å². The highest BCUT2D eigenvalue weighted by Crippen LogP contribution is 2.22. The highest BCUT2D eigenvalue weighted by Gasteiger charge is 2.32. The maximum Gasteiger partial charge on any atom is 0.401 e. The van der Waals surface area contributed by atoms with E-state index in [0.29, 0.717) is 6.07 Å². The summed E-state index contributed by atoms with van der Waals surface area (Å²) in [4.78, 5) is 11.6. The summed E-state index contributed by atoms with van der Waals surface area (Å²) in [5.74, 6) is -2.98. The second-order valence-corrected chi connectivity index (χ2v) is 3.85. The van der Waals surface area contributed by atoms with Crippen molar-refractivity contribution in [2.45, 2.75) is 19.1 Å². The minimum atomic E-state index is -4.60. The Balaban J connectivity index is 3.03. The molecule has 112 valence electrons. The van der Waals surface area contributed by atoms with Crippen LogP contribution >= 0.6 is 0 Å². The summed E-state index contributed by atoms with van der Waals surface area (Å²) in [6.07, 6.45) is -4.60. The lowest BCUT2D eigenvalue weighted by molar-refractivity contribution is -0.149. The quantitative estimate of drug-likeness (QED) is 0.671. The van der Waals surface area contributed by atoms with Crippen molar-refractivity contribution in [2.75, 3.05) is 13.2 Å². The summed E-state index contributed by atoms with van der Waals surface area (Å²) < 4.78 is 67.7. The van der Waals surface area contributed by atoms with Gasteiger partial charge in [-0.1, -0.05) is 0 Å². The van der Waals surface area contributed by atoms with Crippen LogP contribution in [0.1, 0.15) is 18.5 Å². The summed E-state index contributed by atoms with van der Waals surface area (Å²) in [5, 5.41) is 1.82. The first-order valence-electron chi connectivity index (χ1n) is 5.66. The smallest absolute Gasteiger partial charge is 0.401 e. The van der Waals surface area contributed by atoms with Crippen LogP contribution in [0.5, 0.6) is 0 Å². The van der Waals surface area contributed by atoms with Gasteiger partial charge in [-0.2, -0.15) is 13.2 Å². The number of carbonyl (C=O) groups excluding carboxylic acids is 1. The highest BCUT2D eigenvalue weighted by molar-refractivity contribution is 5.77. The average molecular weight is 297 g/mol. The number of esters is 1. The standard InChI is InChI=1S/C12H12F5NO2/c1-2-20-11(19)10(18-6-12(15,16)17)8-5-7(13)3-4-9(8)14/h3-5,10,18H,2,6H2,1H3. The number of benzene rings is 1. The Kier molecular flexibility index (Phi) is 5.43. The molecule has 3 nitrogen and oxygen atoms in total. The number of halogens is 5. The molecule has 1 rings (SSSR count). The van der Waals surface area contributed by atoms with Crippen LogP contribution in [-0.2, 0) is 9.53 Å². The average Bonchev–Trinajstić information content (AvgIpc) is 2.32. The van der Waals surface area contributed by atoms with Gasteiger partial charge in [0.15, 0.2) is 0 Å². The maximum atomic E-state index is 13.5. The zero-order valence-corrected chi connectivity index (χ0v) is 10.4. The van der Waals surface area contributed by atoms with Crippen LogP contribution in [0.4, 0.5) is 22.0 Å². The van der Waals surface area contributed by atoms with E-state index in [-0.39, 0.29) is 6.61 Å². The fourth-order valence-corrected chi connectivity index (χ4v) is 1.50. The van der Waals surface area contributed by atoms with E-state index in [2.05, 4.69) is 4.74 Å². The van der Waals surface area contributed by atoms with Gasteiger partial charge in [-0.05, 0) is 25.1 Å². The molecule has 20 heavy (non-hydrogen) atoms. The van der Waals surface area contributed by atoms with Gasteiger partial charge in [0.1, 0.15) is 17.7 Å². The Morgan fingerprint density at radius 1 is 1.35 bits per heavy atom. The Labute approximate surface area is 111 Å². The van der Waals surface area contributed by atoms with Crippen molar-refractivity contribution < 1.29 is 31.5 Å². The Hall–Kier alpha value is -1.70. The summed E-state index contributed by atoms with van der Waals surface area (Å²) in [6.45, 7) is -0.187. The monoisotopic (exact) mass is 297 g/mol. The number of carbonyl (C=O) groups is 1. The fraction of sp³-hybridized carbons (Fsp3) is 0.417. The lowest BCUT2D eigenvalue weighted by Gasteiger charge is -2.19. The van der Waals surface area contributed by atoms with Gasteiger partial charge < -0.3 is 4.74 Å². The third-order valence-electron chi connectivity index (χ3n) is 2.30. The third kappa shape index (κ3) is 4.76. The predicted molar refractivity (Wildman–Crippen MR) is 59.8 cm³/mol. The lowest BCUT2D eigenvalue weighted by atomic mass is 10.1. The molecule has 1 N–H and O–H groups in total. The lowest BCUT2D eigenvalue weighted by Crippen LogP contribution is -2.37. The van der Waals surface area contributed by atoms with E-state index in [9.17, 15) is 26.7 Å². The molecule has 0 heterocycles. The minimum Gasteiger partial charge on any atom is -0.465 e. The topological polar surface area (TPSA) is 38.3 Å². The molecule has 0 radical (unpaired) electrons. The van der Waals surface area contributed by atoms with Crippen molar-refractivity contribution in [3.8, 4) is 0 Å². The highest BCUT2D eigenvalue weighted by atomic mass is 19.4. The number of hydrogen-bond acceptors (Lipinski definition) is 3. The van der Waals surface area contributed by atoms with E-state index in [1.165, 1.54) is 6.92 Å². The molecular formula is C12H12F5NO2. The second kappa shape index (κ2) is 6.65. The van der Waals surface area contributed by atoms with Gasteiger partial charge in [-0.25, -0.2) is 13.6 Å². The van der Waals surface area contributed by atoms with Crippen LogP contribution in [0.3, 0.4) is 0 Å². The van der Waals surface area contributed by atoms with Crippen LogP contribution in [0.25, 0.3) is 0 Å². The van der Waals surface area contributed by atoms with E-state index >= 15 is 0 Å². The molecule has 0 aliphatic carbocycles. The number of rotatable bonds is 5. The molecule has 0 aromatic heterocycles. The molecule has 1 aromatic rings. The third-order valence-corrected chi connectivity index (χ3v) is 2.30. The number of hydrogen-bond donors (Lipinski definition) is 1. The van der Waals surface area contributed by atoms with Gasteiger partial charge in [0.05, 0.1) is 13.2 Å². The zero-order chi connectivity index (χ0) is 15.3. The van der Waals surface area contributed by atoms with Crippen molar-refractivity contribution in [1.29, 1.82) is 0 Å². The number of ether oxygens (including phenoxy) is 1. The van der Waals surface area contributed by atoms with E-state index in [1.807, 2.05) is 5.32 Å². The van der Waals surface area contributed by atoms with Crippen LogP contribution in [0, 0.1) is 11.6 Å². The summed E-state index contributed by atoms with van der Waals surface area (Å²) in [6, 6.07) is 0.448. The van der Waals surface area contributed by atoms with Gasteiger partial charge in [-0.3, -0.25) is 5.32 Å². The second-order valence-electron chi connectivity index (χ2n) is 3.85. The molecular weight excluding hydrogens is 285 g/mol. The predicted octanol–water partition coefficient (Wildman–Crippen LogP) is 2.72. The molecule has 1 aromatic carbocycles. The molecule has 0 aliphatic rings. The normalized spacial score (nSPS) is 13.1. The van der Waals surface area contributed by atoms with E-state index < -0.39 is 41.9 Å². The molecule has 0 saturated heterocycles. The Morgan fingerprint density at radius 2 is 2.00 bits per heavy atom. The molecule has 0 bridgehead atoms.